The average Bonchev–Trinajstić information content (AvgIpc) is 2.57. The van der Waals surface area contributed by atoms with Gasteiger partial charge in [0.25, 0.3) is 11.2 Å². The molecule has 0 aliphatic carbocycles. The minimum atomic E-state index is -0.452. The predicted octanol–water partition coefficient (Wildman–Crippen LogP) is 3.18. The highest BCUT2D eigenvalue weighted by Gasteiger charge is 2.09. The first kappa shape index (κ1) is 15.6. The van der Waals surface area contributed by atoms with Gasteiger partial charge in [0.05, 0.1) is 17.2 Å². The van der Waals surface area contributed by atoms with E-state index >= 15 is 0 Å². The fourth-order valence-electron chi connectivity index (χ4n) is 2.48. The van der Waals surface area contributed by atoms with Crippen LogP contribution in [0.5, 0.6) is 0 Å². The molecule has 0 radical (unpaired) electrons. The highest BCUT2D eigenvalue weighted by atomic mass is 16.6. The first-order valence-electron chi connectivity index (χ1n) is 7.41. The third-order valence-electron chi connectivity index (χ3n) is 3.63. The summed E-state index contributed by atoms with van der Waals surface area (Å²) in [5.41, 5.74) is 2.97. The van der Waals surface area contributed by atoms with Crippen LogP contribution in [-0.4, -0.2) is 14.7 Å². The molecule has 3 aromatic rings. The number of aryl methyl sites for hydroxylation is 1. The number of nitro groups is 1. The summed E-state index contributed by atoms with van der Waals surface area (Å²) >= 11 is 0. The first-order chi connectivity index (χ1) is 11.5. The van der Waals surface area contributed by atoms with Crippen molar-refractivity contribution in [3.05, 3.63) is 92.3 Å². The van der Waals surface area contributed by atoms with Crippen molar-refractivity contribution in [2.75, 3.05) is 0 Å². The van der Waals surface area contributed by atoms with Crippen molar-refractivity contribution >= 4 is 5.69 Å². The van der Waals surface area contributed by atoms with Crippen LogP contribution in [0, 0.1) is 17.0 Å². The van der Waals surface area contributed by atoms with Crippen molar-refractivity contribution < 1.29 is 4.92 Å². The highest BCUT2D eigenvalue weighted by molar-refractivity contribution is 5.61. The van der Waals surface area contributed by atoms with E-state index in [4.69, 9.17) is 0 Å². The van der Waals surface area contributed by atoms with Gasteiger partial charge in [-0.3, -0.25) is 14.9 Å². The van der Waals surface area contributed by atoms with E-state index in [2.05, 4.69) is 5.10 Å². The maximum atomic E-state index is 12.1. The van der Waals surface area contributed by atoms with E-state index in [0.717, 1.165) is 11.1 Å². The molecule has 0 amide bonds. The van der Waals surface area contributed by atoms with Crippen molar-refractivity contribution in [3.8, 4) is 11.3 Å². The fourth-order valence-corrected chi connectivity index (χ4v) is 2.48. The van der Waals surface area contributed by atoms with Crippen molar-refractivity contribution in [1.29, 1.82) is 0 Å². The van der Waals surface area contributed by atoms with Crippen LogP contribution in [0.15, 0.2) is 65.5 Å². The zero-order chi connectivity index (χ0) is 17.1. The Bertz CT molecular complexity index is 963. The molecule has 0 saturated heterocycles. The van der Waals surface area contributed by atoms with E-state index < -0.39 is 4.92 Å². The molecule has 0 atom stereocenters. The molecule has 24 heavy (non-hydrogen) atoms. The maximum absolute atomic E-state index is 12.1. The summed E-state index contributed by atoms with van der Waals surface area (Å²) in [6.45, 7) is 2.34. The van der Waals surface area contributed by atoms with Crippen molar-refractivity contribution in [1.82, 2.24) is 9.78 Å². The minimum absolute atomic E-state index is 0.00858. The van der Waals surface area contributed by atoms with Gasteiger partial charge < -0.3 is 0 Å². The molecule has 2 aromatic carbocycles. The number of rotatable bonds is 4. The second kappa shape index (κ2) is 6.45. The molecule has 1 aromatic heterocycles. The summed E-state index contributed by atoms with van der Waals surface area (Å²) in [7, 11) is 0. The zero-order valence-electron chi connectivity index (χ0n) is 13.0. The van der Waals surface area contributed by atoms with E-state index in [9.17, 15) is 14.9 Å². The molecule has 0 aliphatic heterocycles. The van der Waals surface area contributed by atoms with Crippen LogP contribution in [0.2, 0.25) is 0 Å². The van der Waals surface area contributed by atoms with Gasteiger partial charge in [-0.15, -0.1) is 0 Å². The summed E-state index contributed by atoms with van der Waals surface area (Å²) in [5, 5.41) is 15.3. The summed E-state index contributed by atoms with van der Waals surface area (Å²) in [5.74, 6) is 0. The zero-order valence-corrected chi connectivity index (χ0v) is 13.0. The van der Waals surface area contributed by atoms with Gasteiger partial charge in [-0.25, -0.2) is 4.68 Å². The second-order valence-electron chi connectivity index (χ2n) is 5.51. The van der Waals surface area contributed by atoms with Gasteiger partial charge in [-0.2, -0.15) is 5.10 Å². The molecular formula is C18H15N3O3. The monoisotopic (exact) mass is 321 g/mol. The summed E-state index contributed by atoms with van der Waals surface area (Å²) in [6.07, 6.45) is 0. The molecule has 120 valence electrons. The number of benzene rings is 2. The molecule has 0 unspecified atom stereocenters. The molecule has 0 saturated carbocycles. The lowest BCUT2D eigenvalue weighted by Crippen LogP contribution is -2.22. The Morgan fingerprint density at radius 1 is 1.08 bits per heavy atom. The quantitative estimate of drug-likeness (QED) is 0.546. The van der Waals surface area contributed by atoms with Crippen LogP contribution in [0.3, 0.4) is 0 Å². The van der Waals surface area contributed by atoms with Crippen LogP contribution in [0.4, 0.5) is 5.69 Å². The van der Waals surface area contributed by atoms with Crippen LogP contribution in [-0.2, 0) is 6.54 Å². The Labute approximate surface area is 138 Å². The van der Waals surface area contributed by atoms with Crippen molar-refractivity contribution in [3.63, 3.8) is 0 Å². The molecule has 0 N–H and O–H groups in total. The summed E-state index contributed by atoms with van der Waals surface area (Å²) in [6, 6.07) is 17.1. The molecule has 0 aliphatic rings. The third kappa shape index (κ3) is 3.38. The number of hydrogen-bond donors (Lipinski definition) is 0. The Kier molecular flexibility index (Phi) is 4.20. The third-order valence-corrected chi connectivity index (χ3v) is 3.63. The van der Waals surface area contributed by atoms with Crippen LogP contribution >= 0.6 is 0 Å². The molecule has 6 nitrogen and oxygen atoms in total. The molecule has 1 heterocycles. The van der Waals surface area contributed by atoms with Gasteiger partial charge in [-0.05, 0) is 18.6 Å². The highest BCUT2D eigenvalue weighted by Crippen LogP contribution is 2.21. The number of hydrogen-bond acceptors (Lipinski definition) is 4. The van der Waals surface area contributed by atoms with Gasteiger partial charge in [-0.1, -0.05) is 42.0 Å². The molecule has 3 rings (SSSR count). The lowest BCUT2D eigenvalue weighted by atomic mass is 10.1. The predicted molar refractivity (Wildman–Crippen MR) is 90.9 cm³/mol. The molecule has 0 bridgehead atoms. The second-order valence-corrected chi connectivity index (χ2v) is 5.51. The Hall–Kier alpha value is -3.28. The fraction of sp³-hybridized carbons (Fsp3) is 0.111. The Balaban J connectivity index is 1.98. The van der Waals surface area contributed by atoms with Crippen LogP contribution in [0.25, 0.3) is 11.3 Å². The SMILES string of the molecule is Cc1cccc(Cn2nc(-c3cccc([N+](=O)[O-])c3)ccc2=O)c1. The van der Waals surface area contributed by atoms with Crippen LogP contribution in [0.1, 0.15) is 11.1 Å². The van der Waals surface area contributed by atoms with Gasteiger partial charge in [0.1, 0.15) is 0 Å². The molecule has 6 heteroatoms. The number of nitro benzene ring substituents is 1. The van der Waals surface area contributed by atoms with Gasteiger partial charge in [0.2, 0.25) is 0 Å². The van der Waals surface area contributed by atoms with E-state index in [0.29, 0.717) is 17.8 Å². The Morgan fingerprint density at radius 3 is 2.62 bits per heavy atom. The topological polar surface area (TPSA) is 78.0 Å². The minimum Gasteiger partial charge on any atom is -0.268 e. The molecular weight excluding hydrogens is 306 g/mol. The number of nitrogens with zero attached hydrogens (tertiary/aromatic N) is 3. The lowest BCUT2D eigenvalue weighted by Gasteiger charge is -2.08. The molecule has 0 fully saturated rings. The van der Waals surface area contributed by atoms with Gasteiger partial charge in [0.15, 0.2) is 0 Å². The maximum Gasteiger partial charge on any atom is 0.270 e. The normalized spacial score (nSPS) is 10.5. The van der Waals surface area contributed by atoms with E-state index in [-0.39, 0.29) is 11.2 Å². The smallest absolute Gasteiger partial charge is 0.268 e. The first-order valence-corrected chi connectivity index (χ1v) is 7.41. The average molecular weight is 321 g/mol. The van der Waals surface area contributed by atoms with Crippen molar-refractivity contribution in [2.24, 2.45) is 0 Å². The van der Waals surface area contributed by atoms with Gasteiger partial charge in [0, 0.05) is 23.8 Å². The lowest BCUT2D eigenvalue weighted by molar-refractivity contribution is -0.384. The standard InChI is InChI=1S/C18H15N3O3/c1-13-4-2-5-14(10-13)12-20-18(22)9-8-17(19-20)15-6-3-7-16(11-15)21(23)24/h2-11H,12H2,1H3. The number of aromatic nitrogens is 2. The Morgan fingerprint density at radius 2 is 1.88 bits per heavy atom. The van der Waals surface area contributed by atoms with E-state index in [1.807, 2.05) is 31.2 Å². The number of non-ortho nitro benzene ring substituents is 1. The largest absolute Gasteiger partial charge is 0.270 e. The van der Waals surface area contributed by atoms with Crippen LogP contribution < -0.4 is 5.56 Å². The summed E-state index contributed by atoms with van der Waals surface area (Å²) < 4.78 is 1.36. The van der Waals surface area contributed by atoms with E-state index in [1.165, 1.54) is 22.9 Å². The van der Waals surface area contributed by atoms with E-state index in [1.54, 1.807) is 18.2 Å². The summed E-state index contributed by atoms with van der Waals surface area (Å²) in [4.78, 5) is 22.5. The van der Waals surface area contributed by atoms with Crippen molar-refractivity contribution in [2.45, 2.75) is 13.5 Å². The molecule has 0 spiro atoms. The van der Waals surface area contributed by atoms with Gasteiger partial charge >= 0.3 is 0 Å².